The molecule has 0 aromatic heterocycles. The molecule has 2 rings (SSSR count). The average Bonchev–Trinajstić information content (AvgIpc) is 2.64. The molecule has 4 heteroatoms. The van der Waals surface area contributed by atoms with Crippen molar-refractivity contribution in [3.63, 3.8) is 0 Å². The van der Waals surface area contributed by atoms with Gasteiger partial charge >= 0.3 is 0 Å². The van der Waals surface area contributed by atoms with E-state index in [0.717, 1.165) is 5.56 Å². The monoisotopic (exact) mass is 257 g/mol. The molecule has 1 amide bonds. The number of nitriles is 1. The van der Waals surface area contributed by atoms with Crippen LogP contribution in [-0.2, 0) is 4.79 Å². The highest BCUT2D eigenvalue weighted by atomic mass is 16.2. The molecule has 0 spiro atoms. The van der Waals surface area contributed by atoms with Crippen LogP contribution in [0.3, 0.4) is 0 Å². The number of hydrogen-bond donors (Lipinski definition) is 1. The molecule has 2 N–H and O–H groups in total. The number of benzene rings is 1. The third-order valence-electron chi connectivity index (χ3n) is 3.47. The Bertz CT molecular complexity index is 522. The smallest absolute Gasteiger partial charge is 0.225 e. The number of rotatable bonds is 1. The van der Waals surface area contributed by atoms with Crippen LogP contribution in [-0.4, -0.2) is 22.4 Å². The first-order valence-electron chi connectivity index (χ1n) is 6.42. The standard InChI is InChI=1S/C15H19N3O/c1-15(2,3)18-13(19)8-12(17)14(18)11-6-4-10(9-16)5-7-11/h4-7,12,14H,8,17H2,1-3H3. The summed E-state index contributed by atoms with van der Waals surface area (Å²) >= 11 is 0. The number of amides is 1. The maximum absolute atomic E-state index is 12.1. The van der Waals surface area contributed by atoms with E-state index in [1.54, 1.807) is 12.1 Å². The Kier molecular flexibility index (Phi) is 3.34. The molecular weight excluding hydrogens is 238 g/mol. The van der Waals surface area contributed by atoms with Crippen LogP contribution in [0, 0.1) is 11.3 Å². The minimum Gasteiger partial charge on any atom is -0.329 e. The van der Waals surface area contributed by atoms with Crippen molar-refractivity contribution in [1.29, 1.82) is 5.26 Å². The summed E-state index contributed by atoms with van der Waals surface area (Å²) in [6, 6.07) is 9.11. The van der Waals surface area contributed by atoms with Gasteiger partial charge in [0.2, 0.25) is 5.91 Å². The van der Waals surface area contributed by atoms with Gasteiger partial charge in [-0.1, -0.05) is 12.1 Å². The molecule has 0 radical (unpaired) electrons. The molecule has 1 aromatic carbocycles. The molecule has 0 bridgehead atoms. The Morgan fingerprint density at radius 2 is 1.89 bits per heavy atom. The predicted molar refractivity (Wildman–Crippen MR) is 73.1 cm³/mol. The lowest BCUT2D eigenvalue weighted by atomic mass is 9.96. The fourth-order valence-electron chi connectivity index (χ4n) is 2.70. The van der Waals surface area contributed by atoms with Crippen LogP contribution in [0.4, 0.5) is 0 Å². The van der Waals surface area contributed by atoms with Crippen LogP contribution >= 0.6 is 0 Å². The normalized spacial score (nSPS) is 23.5. The second kappa shape index (κ2) is 4.67. The van der Waals surface area contributed by atoms with E-state index in [1.165, 1.54) is 0 Å². The van der Waals surface area contributed by atoms with Crippen LogP contribution in [0.25, 0.3) is 0 Å². The van der Waals surface area contributed by atoms with E-state index in [-0.39, 0.29) is 23.5 Å². The Hall–Kier alpha value is -1.86. The highest BCUT2D eigenvalue weighted by molar-refractivity contribution is 5.81. The molecule has 2 atom stereocenters. The molecule has 19 heavy (non-hydrogen) atoms. The molecule has 1 aliphatic rings. The highest BCUT2D eigenvalue weighted by Gasteiger charge is 2.43. The Morgan fingerprint density at radius 1 is 1.32 bits per heavy atom. The maximum Gasteiger partial charge on any atom is 0.225 e. The topological polar surface area (TPSA) is 70.1 Å². The third-order valence-corrected chi connectivity index (χ3v) is 3.47. The van der Waals surface area contributed by atoms with Crippen molar-refractivity contribution >= 4 is 5.91 Å². The van der Waals surface area contributed by atoms with E-state index >= 15 is 0 Å². The number of nitrogens with two attached hydrogens (primary N) is 1. The van der Waals surface area contributed by atoms with Gasteiger partial charge in [-0.2, -0.15) is 5.26 Å². The largest absolute Gasteiger partial charge is 0.329 e. The van der Waals surface area contributed by atoms with Crippen LogP contribution < -0.4 is 5.73 Å². The van der Waals surface area contributed by atoms with Crippen LogP contribution in [0.15, 0.2) is 24.3 Å². The van der Waals surface area contributed by atoms with Crippen molar-refractivity contribution in [2.45, 2.75) is 44.8 Å². The molecule has 1 aliphatic heterocycles. The molecule has 1 saturated heterocycles. The summed E-state index contributed by atoms with van der Waals surface area (Å²) in [5, 5.41) is 8.83. The fraction of sp³-hybridized carbons (Fsp3) is 0.467. The van der Waals surface area contributed by atoms with Gasteiger partial charge in [0.1, 0.15) is 0 Å². The van der Waals surface area contributed by atoms with Gasteiger partial charge in [-0.15, -0.1) is 0 Å². The van der Waals surface area contributed by atoms with Crippen LogP contribution in [0.5, 0.6) is 0 Å². The van der Waals surface area contributed by atoms with Gasteiger partial charge in [-0.05, 0) is 38.5 Å². The first-order chi connectivity index (χ1) is 8.84. The van der Waals surface area contributed by atoms with Crippen molar-refractivity contribution in [2.24, 2.45) is 5.73 Å². The van der Waals surface area contributed by atoms with E-state index in [0.29, 0.717) is 12.0 Å². The molecule has 1 heterocycles. The van der Waals surface area contributed by atoms with Crippen molar-refractivity contribution in [3.05, 3.63) is 35.4 Å². The molecule has 100 valence electrons. The Balaban J connectivity index is 2.40. The fourth-order valence-corrected chi connectivity index (χ4v) is 2.70. The summed E-state index contributed by atoms with van der Waals surface area (Å²) in [6.07, 6.45) is 0.377. The quantitative estimate of drug-likeness (QED) is 0.836. The van der Waals surface area contributed by atoms with Gasteiger partial charge in [0.15, 0.2) is 0 Å². The third kappa shape index (κ3) is 2.47. The molecule has 0 aliphatic carbocycles. The lowest BCUT2D eigenvalue weighted by molar-refractivity contribution is -0.133. The maximum atomic E-state index is 12.1. The summed E-state index contributed by atoms with van der Waals surface area (Å²) in [6.45, 7) is 6.04. The molecule has 1 aromatic rings. The van der Waals surface area contributed by atoms with Crippen LogP contribution in [0.1, 0.15) is 44.4 Å². The van der Waals surface area contributed by atoms with E-state index < -0.39 is 0 Å². The number of hydrogen-bond acceptors (Lipinski definition) is 3. The van der Waals surface area contributed by atoms with Crippen molar-refractivity contribution in [2.75, 3.05) is 0 Å². The molecule has 1 fully saturated rings. The van der Waals surface area contributed by atoms with E-state index in [2.05, 4.69) is 6.07 Å². The second-order valence-electron chi connectivity index (χ2n) is 5.98. The predicted octanol–water partition coefficient (Wildman–Crippen LogP) is 1.96. The zero-order valence-corrected chi connectivity index (χ0v) is 11.6. The number of carbonyl (C=O) groups excluding carboxylic acids is 1. The van der Waals surface area contributed by atoms with E-state index in [4.69, 9.17) is 11.0 Å². The van der Waals surface area contributed by atoms with Crippen molar-refractivity contribution in [3.8, 4) is 6.07 Å². The van der Waals surface area contributed by atoms with Crippen molar-refractivity contribution < 1.29 is 4.79 Å². The lowest BCUT2D eigenvalue weighted by Gasteiger charge is -2.38. The van der Waals surface area contributed by atoms with Gasteiger partial charge in [0, 0.05) is 18.0 Å². The lowest BCUT2D eigenvalue weighted by Crippen LogP contribution is -2.45. The molecule has 2 unspecified atom stereocenters. The SMILES string of the molecule is CC(C)(C)N1C(=O)CC(N)C1c1ccc(C#N)cc1. The average molecular weight is 257 g/mol. The van der Waals surface area contributed by atoms with Gasteiger partial charge < -0.3 is 10.6 Å². The molecular formula is C15H19N3O. The number of likely N-dealkylation sites (tertiary alicyclic amines) is 1. The van der Waals surface area contributed by atoms with Gasteiger partial charge in [-0.3, -0.25) is 4.79 Å². The van der Waals surface area contributed by atoms with Crippen molar-refractivity contribution in [1.82, 2.24) is 4.90 Å². The zero-order valence-electron chi connectivity index (χ0n) is 11.6. The summed E-state index contributed by atoms with van der Waals surface area (Å²) in [5.41, 5.74) is 7.48. The number of carbonyl (C=O) groups is 1. The Labute approximate surface area is 113 Å². The molecule has 4 nitrogen and oxygen atoms in total. The van der Waals surface area contributed by atoms with Gasteiger partial charge in [0.05, 0.1) is 17.7 Å². The summed E-state index contributed by atoms with van der Waals surface area (Å²) < 4.78 is 0. The Morgan fingerprint density at radius 3 is 2.37 bits per heavy atom. The van der Waals surface area contributed by atoms with Gasteiger partial charge in [-0.25, -0.2) is 0 Å². The second-order valence-corrected chi connectivity index (χ2v) is 5.98. The van der Waals surface area contributed by atoms with E-state index in [9.17, 15) is 4.79 Å². The van der Waals surface area contributed by atoms with Gasteiger partial charge in [0.25, 0.3) is 0 Å². The minimum absolute atomic E-state index is 0.0920. The first kappa shape index (κ1) is 13.6. The zero-order chi connectivity index (χ0) is 14.2. The first-order valence-corrected chi connectivity index (χ1v) is 6.42. The summed E-state index contributed by atoms with van der Waals surface area (Å²) in [4.78, 5) is 14.0. The highest BCUT2D eigenvalue weighted by Crippen LogP contribution is 2.37. The van der Waals surface area contributed by atoms with E-state index in [1.807, 2.05) is 37.8 Å². The van der Waals surface area contributed by atoms with Crippen LogP contribution in [0.2, 0.25) is 0 Å². The summed E-state index contributed by atoms with van der Waals surface area (Å²) in [5.74, 6) is 0.0920. The molecule has 0 saturated carbocycles. The summed E-state index contributed by atoms with van der Waals surface area (Å²) in [7, 11) is 0. The minimum atomic E-state index is -0.260. The number of nitrogens with zero attached hydrogens (tertiary/aromatic N) is 2.